The van der Waals surface area contributed by atoms with E-state index in [0.717, 1.165) is 11.1 Å². The maximum atomic E-state index is 12.8. The zero-order valence-corrected chi connectivity index (χ0v) is 19.4. The number of benzene rings is 2. The van der Waals surface area contributed by atoms with E-state index in [1.807, 2.05) is 12.1 Å². The third-order valence-corrected chi connectivity index (χ3v) is 5.98. The van der Waals surface area contributed by atoms with Crippen molar-refractivity contribution in [3.8, 4) is 22.9 Å². The predicted molar refractivity (Wildman–Crippen MR) is 133 cm³/mol. The normalized spacial score (nSPS) is 11.5. The van der Waals surface area contributed by atoms with E-state index < -0.39 is 0 Å². The highest BCUT2D eigenvalue weighted by molar-refractivity contribution is 7.15. The first kappa shape index (κ1) is 22.2. The Kier molecular flexibility index (Phi) is 6.18. The van der Waals surface area contributed by atoms with Gasteiger partial charge in [0.25, 0.3) is 11.5 Å². The number of pyridine rings is 1. The fourth-order valence-corrected chi connectivity index (χ4v) is 4.22. The van der Waals surface area contributed by atoms with Crippen LogP contribution in [0.5, 0.6) is 11.5 Å². The van der Waals surface area contributed by atoms with Gasteiger partial charge < -0.3 is 14.8 Å². The first-order valence-electron chi connectivity index (χ1n) is 10.6. The van der Waals surface area contributed by atoms with Crippen LogP contribution in [0.1, 0.15) is 5.56 Å². The molecule has 2 aromatic carbocycles. The number of aromatic nitrogens is 4. The minimum Gasteiger partial charge on any atom is -0.497 e. The van der Waals surface area contributed by atoms with Crippen molar-refractivity contribution in [2.75, 3.05) is 19.0 Å². The van der Waals surface area contributed by atoms with Crippen molar-refractivity contribution in [2.24, 2.45) is 0 Å². The van der Waals surface area contributed by atoms with Gasteiger partial charge in [-0.1, -0.05) is 29.5 Å². The van der Waals surface area contributed by atoms with Gasteiger partial charge in [0.1, 0.15) is 11.5 Å². The Bertz CT molecular complexity index is 1600. The molecule has 5 rings (SSSR count). The van der Waals surface area contributed by atoms with Crippen molar-refractivity contribution in [1.82, 2.24) is 19.6 Å². The van der Waals surface area contributed by atoms with Crippen molar-refractivity contribution in [2.45, 2.75) is 0 Å². The summed E-state index contributed by atoms with van der Waals surface area (Å²) in [7, 11) is 1.57. The molecule has 0 unspecified atom stereocenters. The lowest BCUT2D eigenvalue weighted by Gasteiger charge is -2.08. The zero-order valence-electron chi connectivity index (χ0n) is 18.5. The molecule has 0 aliphatic rings. The SMILES string of the molecule is COc1cccc(NC(=O)COc2ccc(/C=c3\sc4nc(-c5ccncc5)nn4c3=O)cc2)c1. The molecule has 174 valence electrons. The van der Waals surface area contributed by atoms with Crippen LogP contribution >= 0.6 is 11.3 Å². The second-order valence-corrected chi connectivity index (χ2v) is 8.43. The Labute approximate surface area is 203 Å². The number of rotatable bonds is 7. The van der Waals surface area contributed by atoms with E-state index in [2.05, 4.69) is 20.4 Å². The number of carbonyl (C=O) groups is 1. The highest BCUT2D eigenvalue weighted by atomic mass is 32.1. The van der Waals surface area contributed by atoms with Gasteiger partial charge in [-0.3, -0.25) is 14.6 Å². The van der Waals surface area contributed by atoms with Gasteiger partial charge in [-0.15, -0.1) is 5.10 Å². The van der Waals surface area contributed by atoms with E-state index in [4.69, 9.17) is 9.47 Å². The second kappa shape index (κ2) is 9.74. The van der Waals surface area contributed by atoms with E-state index in [-0.39, 0.29) is 18.1 Å². The number of methoxy groups -OCH3 is 1. The maximum Gasteiger partial charge on any atom is 0.291 e. The minimum absolute atomic E-state index is 0.140. The predicted octanol–water partition coefficient (Wildman–Crippen LogP) is 2.79. The number of nitrogens with zero attached hydrogens (tertiary/aromatic N) is 4. The van der Waals surface area contributed by atoms with Crippen LogP contribution in [-0.4, -0.2) is 39.2 Å². The van der Waals surface area contributed by atoms with Crippen LogP contribution in [0.25, 0.3) is 22.4 Å². The lowest BCUT2D eigenvalue weighted by Crippen LogP contribution is -2.23. The largest absolute Gasteiger partial charge is 0.497 e. The van der Waals surface area contributed by atoms with E-state index in [1.165, 1.54) is 15.9 Å². The highest BCUT2D eigenvalue weighted by Gasteiger charge is 2.12. The number of carbonyl (C=O) groups excluding carboxylic acids is 1. The molecule has 0 aliphatic carbocycles. The third-order valence-electron chi connectivity index (χ3n) is 5.02. The van der Waals surface area contributed by atoms with Crippen LogP contribution in [0.15, 0.2) is 77.9 Å². The van der Waals surface area contributed by atoms with Gasteiger partial charge in [0.2, 0.25) is 4.96 Å². The van der Waals surface area contributed by atoms with E-state index >= 15 is 0 Å². The first-order chi connectivity index (χ1) is 17.1. The van der Waals surface area contributed by atoms with Crippen LogP contribution in [0, 0.1) is 0 Å². The summed E-state index contributed by atoms with van der Waals surface area (Å²) in [5.74, 6) is 1.39. The Balaban J connectivity index is 1.25. The zero-order chi connectivity index (χ0) is 24.2. The number of thiazole rings is 1. The summed E-state index contributed by atoms with van der Waals surface area (Å²) in [4.78, 5) is 33.9. The van der Waals surface area contributed by atoms with Gasteiger partial charge in [-0.2, -0.15) is 9.50 Å². The van der Waals surface area contributed by atoms with Crippen molar-refractivity contribution in [3.05, 3.63) is 93.5 Å². The van der Waals surface area contributed by atoms with Gasteiger partial charge in [0.05, 0.1) is 11.6 Å². The van der Waals surface area contributed by atoms with Gasteiger partial charge in [-0.25, -0.2) is 0 Å². The molecule has 0 spiro atoms. The summed E-state index contributed by atoms with van der Waals surface area (Å²) < 4.78 is 12.6. The van der Waals surface area contributed by atoms with E-state index in [9.17, 15) is 9.59 Å². The average Bonchev–Trinajstić information content (AvgIpc) is 3.43. The number of hydrogen-bond acceptors (Lipinski definition) is 8. The topological polar surface area (TPSA) is 108 Å². The molecule has 0 bridgehead atoms. The van der Waals surface area contributed by atoms with Crippen molar-refractivity contribution in [1.29, 1.82) is 0 Å². The second-order valence-electron chi connectivity index (χ2n) is 7.42. The molecule has 0 saturated heterocycles. The monoisotopic (exact) mass is 485 g/mol. The molecule has 1 N–H and O–H groups in total. The molecule has 1 amide bonds. The Morgan fingerprint density at radius 1 is 1.09 bits per heavy atom. The number of hydrogen-bond donors (Lipinski definition) is 1. The summed E-state index contributed by atoms with van der Waals surface area (Å²) in [6.45, 7) is -0.140. The lowest BCUT2D eigenvalue weighted by atomic mass is 10.2. The summed E-state index contributed by atoms with van der Waals surface area (Å²) in [5.41, 5.74) is 2.01. The standard InChI is InChI=1S/C25H19N5O4S/c1-33-20-4-2-3-18(14-20)27-22(31)15-34-19-7-5-16(6-8-19)13-21-24(32)30-25(35-21)28-23(29-30)17-9-11-26-12-10-17/h2-14H,15H2,1H3,(H,27,31)/b21-13-. The Morgan fingerprint density at radius 2 is 1.89 bits per heavy atom. The summed E-state index contributed by atoms with van der Waals surface area (Å²) in [5, 5.41) is 7.09. The molecular formula is C25H19N5O4S. The van der Waals surface area contributed by atoms with Gasteiger partial charge in [-0.05, 0) is 48.0 Å². The minimum atomic E-state index is -0.287. The number of fused-ring (bicyclic) bond motifs is 1. The van der Waals surface area contributed by atoms with Crippen LogP contribution in [0.3, 0.4) is 0 Å². The lowest BCUT2D eigenvalue weighted by molar-refractivity contribution is -0.118. The van der Waals surface area contributed by atoms with Gasteiger partial charge in [0, 0.05) is 29.7 Å². The van der Waals surface area contributed by atoms with Gasteiger partial charge >= 0.3 is 0 Å². The van der Waals surface area contributed by atoms with Crippen molar-refractivity contribution < 1.29 is 14.3 Å². The number of anilines is 1. The quantitative estimate of drug-likeness (QED) is 0.378. The fraction of sp³-hybridized carbons (Fsp3) is 0.0800. The Hall–Kier alpha value is -4.57. The number of ether oxygens (including phenoxy) is 2. The van der Waals surface area contributed by atoms with Crippen LogP contribution in [-0.2, 0) is 4.79 Å². The summed E-state index contributed by atoms with van der Waals surface area (Å²) in [6.07, 6.45) is 5.08. The summed E-state index contributed by atoms with van der Waals surface area (Å²) >= 11 is 1.27. The van der Waals surface area contributed by atoms with Crippen molar-refractivity contribution >= 4 is 34.0 Å². The summed E-state index contributed by atoms with van der Waals surface area (Å²) in [6, 6.07) is 17.8. The van der Waals surface area contributed by atoms with Crippen LogP contribution < -0.4 is 24.9 Å². The van der Waals surface area contributed by atoms with Crippen molar-refractivity contribution in [3.63, 3.8) is 0 Å². The fourth-order valence-electron chi connectivity index (χ4n) is 3.32. The molecule has 0 atom stereocenters. The highest BCUT2D eigenvalue weighted by Crippen LogP contribution is 2.18. The third kappa shape index (κ3) is 5.02. The molecule has 3 aromatic heterocycles. The smallest absolute Gasteiger partial charge is 0.291 e. The van der Waals surface area contributed by atoms with Crippen LogP contribution in [0.4, 0.5) is 5.69 Å². The molecule has 9 nitrogen and oxygen atoms in total. The number of amides is 1. The Morgan fingerprint density at radius 3 is 2.63 bits per heavy atom. The molecule has 0 fully saturated rings. The molecule has 0 radical (unpaired) electrons. The molecule has 0 aliphatic heterocycles. The first-order valence-corrected chi connectivity index (χ1v) is 11.4. The van der Waals surface area contributed by atoms with Gasteiger partial charge in [0.15, 0.2) is 12.4 Å². The van der Waals surface area contributed by atoms with Crippen LogP contribution in [0.2, 0.25) is 0 Å². The number of nitrogens with one attached hydrogen (secondary N) is 1. The molecular weight excluding hydrogens is 466 g/mol. The maximum absolute atomic E-state index is 12.8. The molecule has 35 heavy (non-hydrogen) atoms. The average molecular weight is 486 g/mol. The van der Waals surface area contributed by atoms with E-state index in [0.29, 0.717) is 32.5 Å². The molecule has 10 heteroatoms. The molecule has 3 heterocycles. The van der Waals surface area contributed by atoms with E-state index in [1.54, 1.807) is 74.1 Å². The molecule has 0 saturated carbocycles. The molecule has 5 aromatic rings.